The zero-order chi connectivity index (χ0) is 23.0. The summed E-state index contributed by atoms with van der Waals surface area (Å²) in [6.07, 6.45) is 0. The standard InChI is InChI=1S/C24H21N3O5/c1-12-9-17(28)16(11-25-14-7-5-4-6-8-14)21-19(12)23(29)27-20-13(2)18(32-3)10-15(24(30)31)22(20)26-21/h4-10,25,28H,11H2,1-3H3,(H,30,31). The molecule has 0 saturated heterocycles. The largest absolute Gasteiger partial charge is 0.508 e. The Balaban J connectivity index is 2.10. The SMILES string of the molecule is COc1cc(C(=O)O)c2nc3c(CNc4ccccc4)c(O)cc(C)c3c(=O)nc2c1C. The number of aromatic hydroxyl groups is 1. The number of phenolic OH excluding ortho intramolecular Hbond substituents is 1. The number of aromatic carboxylic acids is 1. The van der Waals surface area contributed by atoms with Crippen molar-refractivity contribution in [1.29, 1.82) is 0 Å². The Bertz CT molecular complexity index is 1440. The van der Waals surface area contributed by atoms with Gasteiger partial charge in [-0.25, -0.2) is 14.8 Å². The lowest BCUT2D eigenvalue weighted by molar-refractivity contribution is 0.0698. The van der Waals surface area contributed by atoms with Gasteiger partial charge in [0.2, 0.25) is 0 Å². The summed E-state index contributed by atoms with van der Waals surface area (Å²) in [6.45, 7) is 3.54. The van der Waals surface area contributed by atoms with Crippen LogP contribution in [0.2, 0.25) is 0 Å². The molecule has 4 rings (SSSR count). The fraction of sp³-hybridized carbons (Fsp3) is 0.167. The lowest BCUT2D eigenvalue weighted by Crippen LogP contribution is -2.07. The van der Waals surface area contributed by atoms with Crippen LogP contribution in [0.25, 0.3) is 21.9 Å². The number of rotatable bonds is 5. The van der Waals surface area contributed by atoms with Gasteiger partial charge in [-0.05, 0) is 43.7 Å². The number of fused-ring (bicyclic) bond motifs is 2. The number of benzene rings is 3. The van der Waals surface area contributed by atoms with Crippen LogP contribution < -0.4 is 15.6 Å². The Morgan fingerprint density at radius 2 is 1.78 bits per heavy atom. The Kier molecular flexibility index (Phi) is 5.36. The number of hydrogen-bond acceptors (Lipinski definition) is 7. The van der Waals surface area contributed by atoms with Crippen molar-refractivity contribution in [3.63, 3.8) is 0 Å². The van der Waals surface area contributed by atoms with Crippen molar-refractivity contribution in [3.05, 3.63) is 75.1 Å². The van der Waals surface area contributed by atoms with E-state index < -0.39 is 11.5 Å². The average molecular weight is 431 g/mol. The number of carbonyl (C=O) groups is 1. The van der Waals surface area contributed by atoms with Gasteiger partial charge in [-0.2, -0.15) is 0 Å². The third-order valence-electron chi connectivity index (χ3n) is 5.40. The van der Waals surface area contributed by atoms with Crippen molar-refractivity contribution in [2.45, 2.75) is 20.4 Å². The number of phenols is 1. The fourth-order valence-corrected chi connectivity index (χ4v) is 3.76. The molecule has 162 valence electrons. The number of aryl methyl sites for hydroxylation is 2. The Morgan fingerprint density at radius 1 is 1.06 bits per heavy atom. The number of hydrogen-bond donors (Lipinski definition) is 3. The normalized spacial score (nSPS) is 11.0. The van der Waals surface area contributed by atoms with E-state index in [1.165, 1.54) is 19.2 Å². The third kappa shape index (κ3) is 3.56. The predicted octanol–water partition coefficient (Wildman–Crippen LogP) is 3.78. The molecule has 8 nitrogen and oxygen atoms in total. The Hall–Kier alpha value is -4.20. The molecule has 0 spiro atoms. The average Bonchev–Trinajstić information content (AvgIpc) is 2.91. The van der Waals surface area contributed by atoms with Crippen molar-refractivity contribution in [2.24, 2.45) is 0 Å². The van der Waals surface area contributed by atoms with Gasteiger partial charge in [-0.15, -0.1) is 0 Å². The van der Waals surface area contributed by atoms with Gasteiger partial charge < -0.3 is 20.3 Å². The Labute approximate surface area is 183 Å². The fourth-order valence-electron chi connectivity index (χ4n) is 3.76. The van der Waals surface area contributed by atoms with Crippen LogP contribution in [0.15, 0.2) is 47.3 Å². The maximum Gasteiger partial charge on any atom is 0.338 e. The van der Waals surface area contributed by atoms with Crippen LogP contribution in [0, 0.1) is 13.8 Å². The van der Waals surface area contributed by atoms with Gasteiger partial charge in [-0.3, -0.25) is 4.79 Å². The maximum atomic E-state index is 13.1. The third-order valence-corrected chi connectivity index (χ3v) is 5.40. The molecule has 4 aromatic rings. The zero-order valence-corrected chi connectivity index (χ0v) is 17.8. The van der Waals surface area contributed by atoms with Crippen LogP contribution in [0.4, 0.5) is 5.69 Å². The van der Waals surface area contributed by atoms with Crippen LogP contribution in [0.5, 0.6) is 11.5 Å². The first kappa shape index (κ1) is 21.0. The number of aromatic nitrogens is 2. The molecule has 0 saturated carbocycles. The summed E-state index contributed by atoms with van der Waals surface area (Å²) in [5.41, 5.74) is 1.87. The van der Waals surface area contributed by atoms with Gasteiger partial charge in [0.1, 0.15) is 22.5 Å². The molecule has 0 atom stereocenters. The molecule has 3 N–H and O–H groups in total. The van der Waals surface area contributed by atoms with Crippen LogP contribution in [-0.2, 0) is 6.54 Å². The molecule has 0 unspecified atom stereocenters. The summed E-state index contributed by atoms with van der Waals surface area (Å²) >= 11 is 0. The molecular formula is C24H21N3O5. The molecule has 0 bridgehead atoms. The molecule has 8 heteroatoms. The molecule has 0 fully saturated rings. The van der Waals surface area contributed by atoms with Crippen LogP contribution in [-0.4, -0.2) is 33.3 Å². The van der Waals surface area contributed by atoms with Crippen molar-refractivity contribution < 1.29 is 19.7 Å². The first-order valence-electron chi connectivity index (χ1n) is 9.88. The highest BCUT2D eigenvalue weighted by atomic mass is 16.5. The van der Waals surface area contributed by atoms with Gasteiger partial charge in [0.05, 0.1) is 23.6 Å². The lowest BCUT2D eigenvalue weighted by atomic mass is 10.0. The van der Waals surface area contributed by atoms with Crippen molar-refractivity contribution >= 4 is 33.6 Å². The van der Waals surface area contributed by atoms with Crippen LogP contribution in [0.3, 0.4) is 0 Å². The van der Waals surface area contributed by atoms with Crippen molar-refractivity contribution in [1.82, 2.24) is 9.97 Å². The van der Waals surface area contributed by atoms with Gasteiger partial charge in [0.15, 0.2) is 0 Å². The molecule has 0 amide bonds. The number of ether oxygens (including phenoxy) is 1. The minimum Gasteiger partial charge on any atom is -0.508 e. The predicted molar refractivity (Wildman–Crippen MR) is 122 cm³/mol. The van der Waals surface area contributed by atoms with E-state index in [-0.39, 0.29) is 39.8 Å². The van der Waals surface area contributed by atoms with E-state index in [0.29, 0.717) is 22.4 Å². The summed E-state index contributed by atoms with van der Waals surface area (Å²) in [5.74, 6) is -0.980. The minimum atomic E-state index is -1.23. The second kappa shape index (κ2) is 8.14. The van der Waals surface area contributed by atoms with Gasteiger partial charge >= 0.3 is 5.97 Å². The highest BCUT2D eigenvalue weighted by Gasteiger charge is 2.20. The molecule has 0 aliphatic rings. The quantitative estimate of drug-likeness (QED) is 0.436. The number of carboxylic acids is 1. The van der Waals surface area contributed by atoms with Crippen LogP contribution >= 0.6 is 0 Å². The number of carboxylic acid groups (broad SMARTS) is 1. The molecular weight excluding hydrogens is 410 g/mol. The summed E-state index contributed by atoms with van der Waals surface area (Å²) in [6, 6.07) is 12.2. The van der Waals surface area contributed by atoms with E-state index in [1.54, 1.807) is 13.8 Å². The van der Waals surface area contributed by atoms with E-state index in [2.05, 4.69) is 15.3 Å². The summed E-state index contributed by atoms with van der Waals surface area (Å²) in [7, 11) is 1.42. The van der Waals surface area contributed by atoms with Gasteiger partial charge in [0, 0.05) is 23.4 Å². The van der Waals surface area contributed by atoms with E-state index in [9.17, 15) is 19.8 Å². The number of anilines is 1. The molecule has 0 radical (unpaired) electrons. The van der Waals surface area contributed by atoms with Crippen molar-refractivity contribution in [3.8, 4) is 11.5 Å². The zero-order valence-electron chi connectivity index (χ0n) is 17.8. The van der Waals surface area contributed by atoms with E-state index >= 15 is 0 Å². The van der Waals surface area contributed by atoms with Gasteiger partial charge in [0.25, 0.3) is 5.56 Å². The molecule has 0 aliphatic heterocycles. The highest BCUT2D eigenvalue weighted by molar-refractivity contribution is 6.04. The smallest absolute Gasteiger partial charge is 0.338 e. The summed E-state index contributed by atoms with van der Waals surface area (Å²) < 4.78 is 5.28. The van der Waals surface area contributed by atoms with E-state index in [1.807, 2.05) is 30.3 Å². The molecule has 1 heterocycles. The second-order valence-corrected chi connectivity index (χ2v) is 7.42. The molecule has 32 heavy (non-hydrogen) atoms. The minimum absolute atomic E-state index is 0.0493. The van der Waals surface area contributed by atoms with E-state index in [0.717, 1.165) is 5.69 Å². The Morgan fingerprint density at radius 3 is 2.44 bits per heavy atom. The van der Waals surface area contributed by atoms with Gasteiger partial charge in [-0.1, -0.05) is 18.2 Å². The lowest BCUT2D eigenvalue weighted by Gasteiger charge is -2.11. The maximum absolute atomic E-state index is 13.1. The summed E-state index contributed by atoms with van der Waals surface area (Å²) in [4.78, 5) is 33.9. The monoisotopic (exact) mass is 431 g/mol. The van der Waals surface area contributed by atoms with Crippen molar-refractivity contribution in [2.75, 3.05) is 12.4 Å². The molecule has 1 aromatic heterocycles. The van der Waals surface area contributed by atoms with Crippen LogP contribution in [0.1, 0.15) is 27.0 Å². The molecule has 0 aliphatic carbocycles. The number of para-hydroxylation sites is 1. The van der Waals surface area contributed by atoms with E-state index in [4.69, 9.17) is 4.74 Å². The first-order valence-corrected chi connectivity index (χ1v) is 9.88. The highest BCUT2D eigenvalue weighted by Crippen LogP contribution is 2.32. The number of nitrogens with zero attached hydrogens (tertiary/aromatic N) is 2. The second-order valence-electron chi connectivity index (χ2n) is 7.42. The number of methoxy groups -OCH3 is 1. The summed E-state index contributed by atoms with van der Waals surface area (Å²) in [5, 5.41) is 23.9. The first-order chi connectivity index (χ1) is 15.3. The topological polar surface area (TPSA) is 122 Å². The molecule has 3 aromatic carbocycles. The number of nitrogens with one attached hydrogen (secondary N) is 1.